The summed E-state index contributed by atoms with van der Waals surface area (Å²) in [6.07, 6.45) is 0.984. The van der Waals surface area contributed by atoms with Crippen LogP contribution >= 0.6 is 0 Å². The van der Waals surface area contributed by atoms with Crippen LogP contribution in [0.15, 0.2) is 24.3 Å². The Kier molecular flexibility index (Phi) is 3.86. The summed E-state index contributed by atoms with van der Waals surface area (Å²) in [4.78, 5) is 0. The van der Waals surface area contributed by atoms with Crippen molar-refractivity contribution >= 4 is 0 Å². The Labute approximate surface area is 82.7 Å². The molecule has 0 aliphatic heterocycles. The van der Waals surface area contributed by atoms with E-state index in [4.69, 9.17) is 0 Å². The van der Waals surface area contributed by atoms with Gasteiger partial charge in [0.1, 0.15) is 5.75 Å². The summed E-state index contributed by atoms with van der Waals surface area (Å²) < 4.78 is 28.1. The van der Waals surface area contributed by atoms with Crippen LogP contribution in [0, 0.1) is 0 Å². The van der Waals surface area contributed by atoms with E-state index in [1.807, 2.05) is 6.07 Å². The van der Waals surface area contributed by atoms with Gasteiger partial charge in [-0.2, -0.15) is 8.78 Å². The molecule has 14 heavy (non-hydrogen) atoms. The van der Waals surface area contributed by atoms with E-state index in [9.17, 15) is 8.78 Å². The minimum atomic E-state index is -2.75. The molecule has 3 heteroatoms. The molecule has 0 radical (unpaired) electrons. The molecule has 0 saturated carbocycles. The molecule has 0 saturated heterocycles. The van der Waals surface area contributed by atoms with Crippen molar-refractivity contribution in [2.45, 2.75) is 32.8 Å². The zero-order valence-electron chi connectivity index (χ0n) is 8.34. The second-order valence-electron chi connectivity index (χ2n) is 3.26. The van der Waals surface area contributed by atoms with Crippen LogP contribution in [0.4, 0.5) is 8.78 Å². The fourth-order valence-corrected chi connectivity index (χ4v) is 1.23. The molecule has 0 N–H and O–H groups in total. The molecular weight excluding hydrogens is 186 g/mol. The highest BCUT2D eigenvalue weighted by molar-refractivity contribution is 5.30. The van der Waals surface area contributed by atoms with Crippen molar-refractivity contribution in [1.82, 2.24) is 0 Å². The molecule has 0 amide bonds. The van der Waals surface area contributed by atoms with E-state index >= 15 is 0 Å². The normalized spacial score (nSPS) is 12.9. The first kappa shape index (κ1) is 11.0. The molecule has 1 aromatic rings. The highest BCUT2D eigenvalue weighted by Crippen LogP contribution is 2.23. The van der Waals surface area contributed by atoms with E-state index in [0.29, 0.717) is 5.92 Å². The van der Waals surface area contributed by atoms with Gasteiger partial charge in [-0.15, -0.1) is 0 Å². The van der Waals surface area contributed by atoms with Gasteiger partial charge < -0.3 is 4.74 Å². The summed E-state index contributed by atoms with van der Waals surface area (Å²) in [6.45, 7) is 1.37. The van der Waals surface area contributed by atoms with Gasteiger partial charge in [0, 0.05) is 0 Å². The Morgan fingerprint density at radius 2 is 2.07 bits per heavy atom. The van der Waals surface area contributed by atoms with Crippen molar-refractivity contribution in [3.05, 3.63) is 29.8 Å². The molecule has 1 unspecified atom stereocenters. The lowest BCUT2D eigenvalue weighted by molar-refractivity contribution is -0.0498. The minimum absolute atomic E-state index is 0.234. The van der Waals surface area contributed by atoms with Gasteiger partial charge in [-0.3, -0.25) is 0 Å². The van der Waals surface area contributed by atoms with E-state index in [1.54, 1.807) is 12.1 Å². The second kappa shape index (κ2) is 4.94. The van der Waals surface area contributed by atoms with Gasteiger partial charge in [-0.05, 0) is 30.0 Å². The van der Waals surface area contributed by atoms with Crippen molar-refractivity contribution in [2.75, 3.05) is 0 Å². The molecule has 0 spiro atoms. The minimum Gasteiger partial charge on any atom is -0.435 e. The number of hydrogen-bond donors (Lipinski definition) is 0. The molecule has 1 nitrogen and oxygen atoms in total. The van der Waals surface area contributed by atoms with Gasteiger partial charge in [-0.25, -0.2) is 0 Å². The third-order valence-electron chi connectivity index (χ3n) is 2.26. The standard InChI is InChI=1S/C11H14F2O/c1-3-8(2)9-5-4-6-10(7-9)14-11(12)13/h4-8,11H,3H2,1-2H3. The molecule has 78 valence electrons. The molecular formula is C11H14F2O. The molecule has 0 aliphatic rings. The third-order valence-corrected chi connectivity index (χ3v) is 2.26. The van der Waals surface area contributed by atoms with Gasteiger partial charge >= 0.3 is 6.61 Å². The van der Waals surface area contributed by atoms with Crippen molar-refractivity contribution < 1.29 is 13.5 Å². The summed E-state index contributed by atoms with van der Waals surface area (Å²) >= 11 is 0. The Morgan fingerprint density at radius 3 is 2.64 bits per heavy atom. The molecule has 0 heterocycles. The topological polar surface area (TPSA) is 9.23 Å². The average Bonchev–Trinajstić information content (AvgIpc) is 2.16. The second-order valence-corrected chi connectivity index (χ2v) is 3.26. The van der Waals surface area contributed by atoms with E-state index in [-0.39, 0.29) is 5.75 Å². The Hall–Kier alpha value is -1.12. The average molecular weight is 200 g/mol. The zero-order valence-corrected chi connectivity index (χ0v) is 8.34. The van der Waals surface area contributed by atoms with Crippen molar-refractivity contribution in [2.24, 2.45) is 0 Å². The maximum absolute atomic E-state index is 11.9. The quantitative estimate of drug-likeness (QED) is 0.718. The number of alkyl halides is 2. The van der Waals surface area contributed by atoms with Crippen molar-refractivity contribution in [1.29, 1.82) is 0 Å². The van der Waals surface area contributed by atoms with E-state index in [2.05, 4.69) is 18.6 Å². The first-order valence-electron chi connectivity index (χ1n) is 4.68. The van der Waals surface area contributed by atoms with Gasteiger partial charge in [0.2, 0.25) is 0 Å². The lowest BCUT2D eigenvalue weighted by Gasteiger charge is -2.11. The van der Waals surface area contributed by atoms with Gasteiger partial charge in [0.05, 0.1) is 0 Å². The fourth-order valence-electron chi connectivity index (χ4n) is 1.23. The van der Waals surface area contributed by atoms with E-state index < -0.39 is 6.61 Å². The zero-order chi connectivity index (χ0) is 10.6. The van der Waals surface area contributed by atoms with E-state index in [1.165, 1.54) is 6.07 Å². The summed E-state index contributed by atoms with van der Waals surface area (Å²) in [5.41, 5.74) is 1.03. The molecule has 0 aliphatic carbocycles. The molecule has 0 bridgehead atoms. The lowest BCUT2D eigenvalue weighted by Crippen LogP contribution is -2.02. The van der Waals surface area contributed by atoms with Crippen LogP contribution in [0.5, 0.6) is 5.75 Å². The summed E-state index contributed by atoms with van der Waals surface area (Å²) in [7, 11) is 0. The highest BCUT2D eigenvalue weighted by Gasteiger charge is 2.07. The molecule has 1 atom stereocenters. The molecule has 0 fully saturated rings. The van der Waals surface area contributed by atoms with Gasteiger partial charge in [-0.1, -0.05) is 26.0 Å². The SMILES string of the molecule is CCC(C)c1cccc(OC(F)F)c1. The summed E-state index contributed by atoms with van der Waals surface area (Å²) in [5.74, 6) is 0.606. The highest BCUT2D eigenvalue weighted by atomic mass is 19.3. The molecule has 1 rings (SSSR count). The predicted octanol–water partition coefficient (Wildman–Crippen LogP) is 3.80. The van der Waals surface area contributed by atoms with Crippen LogP contribution in [-0.2, 0) is 0 Å². The van der Waals surface area contributed by atoms with Crippen LogP contribution < -0.4 is 4.74 Å². The third kappa shape index (κ3) is 2.98. The maximum atomic E-state index is 11.9. The van der Waals surface area contributed by atoms with Crippen LogP contribution in [0.25, 0.3) is 0 Å². The first-order valence-corrected chi connectivity index (χ1v) is 4.68. The molecule has 0 aromatic heterocycles. The summed E-state index contributed by atoms with van der Waals surface area (Å²) in [5, 5.41) is 0. The lowest BCUT2D eigenvalue weighted by atomic mass is 9.99. The fraction of sp³-hybridized carbons (Fsp3) is 0.455. The monoisotopic (exact) mass is 200 g/mol. The largest absolute Gasteiger partial charge is 0.435 e. The van der Waals surface area contributed by atoms with Gasteiger partial charge in [0.15, 0.2) is 0 Å². The van der Waals surface area contributed by atoms with Crippen LogP contribution in [0.2, 0.25) is 0 Å². The van der Waals surface area contributed by atoms with Crippen LogP contribution in [0.3, 0.4) is 0 Å². The maximum Gasteiger partial charge on any atom is 0.387 e. The number of ether oxygens (including phenoxy) is 1. The Bertz CT molecular complexity index is 286. The molecule has 1 aromatic carbocycles. The Morgan fingerprint density at radius 1 is 1.36 bits per heavy atom. The number of benzene rings is 1. The summed E-state index contributed by atoms with van der Waals surface area (Å²) in [6, 6.07) is 6.87. The Balaban J connectivity index is 2.78. The number of hydrogen-bond acceptors (Lipinski definition) is 1. The number of rotatable bonds is 4. The van der Waals surface area contributed by atoms with Crippen LogP contribution in [-0.4, -0.2) is 6.61 Å². The first-order chi connectivity index (χ1) is 6.63. The van der Waals surface area contributed by atoms with Gasteiger partial charge in [0.25, 0.3) is 0 Å². The van der Waals surface area contributed by atoms with E-state index in [0.717, 1.165) is 12.0 Å². The number of halogens is 2. The van der Waals surface area contributed by atoms with Crippen molar-refractivity contribution in [3.63, 3.8) is 0 Å². The predicted molar refractivity (Wildman–Crippen MR) is 51.8 cm³/mol. The van der Waals surface area contributed by atoms with Crippen LogP contribution in [0.1, 0.15) is 31.7 Å². The van der Waals surface area contributed by atoms with Crippen molar-refractivity contribution in [3.8, 4) is 5.75 Å². The smallest absolute Gasteiger partial charge is 0.387 e.